The Bertz CT molecular complexity index is 606. The second kappa shape index (κ2) is 5.85. The zero-order valence-electron chi connectivity index (χ0n) is 11.3. The molecule has 0 fully saturated rings. The molecule has 100 valence electrons. The molecule has 1 nitrogen and oxygen atoms in total. The van der Waals surface area contributed by atoms with E-state index in [4.69, 9.17) is 27.9 Å². The molecule has 0 aliphatic heterocycles. The number of ether oxygens (including phenoxy) is 1. The Hall–Kier alpha value is -1.18. The van der Waals surface area contributed by atoms with E-state index in [-0.39, 0.29) is 0 Å². The molecule has 2 aromatic carbocycles. The van der Waals surface area contributed by atoms with Gasteiger partial charge in [-0.1, -0.05) is 35.9 Å². The Kier molecular flexibility index (Phi) is 4.38. The van der Waals surface area contributed by atoms with Gasteiger partial charge < -0.3 is 4.74 Å². The Morgan fingerprint density at radius 3 is 2.32 bits per heavy atom. The minimum atomic E-state index is 0.375. The summed E-state index contributed by atoms with van der Waals surface area (Å²) >= 11 is 12.2. The van der Waals surface area contributed by atoms with Crippen molar-refractivity contribution in [1.82, 2.24) is 0 Å². The van der Waals surface area contributed by atoms with E-state index in [9.17, 15) is 0 Å². The summed E-state index contributed by atoms with van der Waals surface area (Å²) in [6.07, 6.45) is 0. The first-order valence-corrected chi connectivity index (χ1v) is 7.04. The highest BCUT2D eigenvalue weighted by atomic mass is 35.5. The molecular weight excluding hydrogens is 279 g/mol. The normalized spacial score (nSPS) is 10.6. The van der Waals surface area contributed by atoms with Gasteiger partial charge in [-0.15, -0.1) is 11.6 Å². The van der Waals surface area contributed by atoms with Crippen LogP contribution in [0.3, 0.4) is 0 Å². The van der Waals surface area contributed by atoms with Crippen molar-refractivity contribution in [3.8, 4) is 11.5 Å². The maximum Gasteiger partial charge on any atom is 0.150 e. The minimum Gasteiger partial charge on any atom is -0.455 e. The molecule has 0 radical (unpaired) electrons. The van der Waals surface area contributed by atoms with Crippen LogP contribution in [0.2, 0.25) is 5.02 Å². The van der Waals surface area contributed by atoms with Crippen LogP contribution in [0.1, 0.15) is 22.3 Å². The van der Waals surface area contributed by atoms with Crippen molar-refractivity contribution in [2.24, 2.45) is 0 Å². The molecule has 0 saturated carbocycles. The first kappa shape index (κ1) is 14.2. The fourth-order valence-corrected chi connectivity index (χ4v) is 2.40. The second-order valence-corrected chi connectivity index (χ2v) is 5.29. The molecule has 19 heavy (non-hydrogen) atoms. The van der Waals surface area contributed by atoms with Crippen LogP contribution in [-0.4, -0.2) is 0 Å². The van der Waals surface area contributed by atoms with E-state index in [1.54, 1.807) is 0 Å². The Labute approximate surface area is 124 Å². The van der Waals surface area contributed by atoms with Crippen molar-refractivity contribution in [3.05, 3.63) is 57.6 Å². The molecular formula is C16H16Cl2O. The molecule has 0 saturated heterocycles. The molecule has 0 aliphatic carbocycles. The first-order chi connectivity index (χ1) is 9.04. The first-order valence-electron chi connectivity index (χ1n) is 6.12. The summed E-state index contributed by atoms with van der Waals surface area (Å²) in [7, 11) is 0. The third kappa shape index (κ3) is 2.88. The van der Waals surface area contributed by atoms with Gasteiger partial charge in [-0.2, -0.15) is 0 Å². The number of hydrogen-bond acceptors (Lipinski definition) is 1. The van der Waals surface area contributed by atoms with Crippen LogP contribution in [0.25, 0.3) is 0 Å². The Morgan fingerprint density at radius 2 is 1.63 bits per heavy atom. The van der Waals surface area contributed by atoms with Crippen molar-refractivity contribution in [2.45, 2.75) is 26.7 Å². The predicted molar refractivity (Wildman–Crippen MR) is 81.7 cm³/mol. The van der Waals surface area contributed by atoms with E-state index in [1.165, 1.54) is 5.56 Å². The molecule has 2 aromatic rings. The summed E-state index contributed by atoms with van der Waals surface area (Å²) in [6, 6.07) is 9.76. The molecule has 0 N–H and O–H groups in total. The SMILES string of the molecule is Cc1ccc(C)c(Oc2c(Cl)cccc2CCl)c1C. The number of para-hydroxylation sites is 1. The van der Waals surface area contributed by atoms with Crippen LogP contribution in [-0.2, 0) is 5.88 Å². The van der Waals surface area contributed by atoms with Gasteiger partial charge in [-0.25, -0.2) is 0 Å². The van der Waals surface area contributed by atoms with E-state index in [2.05, 4.69) is 26.0 Å². The van der Waals surface area contributed by atoms with Crippen LogP contribution in [0.5, 0.6) is 11.5 Å². The lowest BCUT2D eigenvalue weighted by Gasteiger charge is -2.16. The molecule has 0 spiro atoms. The fraction of sp³-hybridized carbons (Fsp3) is 0.250. The summed E-state index contributed by atoms with van der Waals surface area (Å²) in [5, 5.41) is 0.582. The van der Waals surface area contributed by atoms with Gasteiger partial charge in [0.15, 0.2) is 0 Å². The Morgan fingerprint density at radius 1 is 0.947 bits per heavy atom. The maximum absolute atomic E-state index is 6.22. The highest BCUT2D eigenvalue weighted by Gasteiger charge is 2.13. The van der Waals surface area contributed by atoms with Crippen molar-refractivity contribution in [3.63, 3.8) is 0 Å². The molecule has 2 rings (SSSR count). The molecule has 0 aliphatic rings. The quantitative estimate of drug-likeness (QED) is 0.650. The van der Waals surface area contributed by atoms with Crippen LogP contribution in [0.4, 0.5) is 0 Å². The summed E-state index contributed by atoms with van der Waals surface area (Å²) in [4.78, 5) is 0. The van der Waals surface area contributed by atoms with Crippen molar-refractivity contribution in [1.29, 1.82) is 0 Å². The third-order valence-electron chi connectivity index (χ3n) is 3.27. The molecule has 0 unspecified atom stereocenters. The van der Waals surface area contributed by atoms with E-state index in [1.807, 2.05) is 25.1 Å². The van der Waals surface area contributed by atoms with Crippen molar-refractivity contribution >= 4 is 23.2 Å². The van der Waals surface area contributed by atoms with Gasteiger partial charge in [0.1, 0.15) is 11.5 Å². The molecule has 0 atom stereocenters. The molecule has 0 amide bonds. The lowest BCUT2D eigenvalue weighted by atomic mass is 10.1. The zero-order valence-corrected chi connectivity index (χ0v) is 12.8. The van der Waals surface area contributed by atoms with Gasteiger partial charge in [0.25, 0.3) is 0 Å². The predicted octanol–water partition coefficient (Wildman–Crippen LogP) is 5.80. The van der Waals surface area contributed by atoms with Crippen molar-refractivity contribution < 1.29 is 4.74 Å². The van der Waals surface area contributed by atoms with E-state index < -0.39 is 0 Å². The largest absolute Gasteiger partial charge is 0.455 e. The van der Waals surface area contributed by atoms with Crippen LogP contribution >= 0.6 is 23.2 Å². The van der Waals surface area contributed by atoms with Gasteiger partial charge in [0, 0.05) is 5.56 Å². The second-order valence-electron chi connectivity index (χ2n) is 4.62. The lowest BCUT2D eigenvalue weighted by molar-refractivity contribution is 0.470. The minimum absolute atomic E-state index is 0.375. The summed E-state index contributed by atoms with van der Waals surface area (Å²) in [6.45, 7) is 6.14. The van der Waals surface area contributed by atoms with Gasteiger partial charge in [0.05, 0.1) is 10.9 Å². The highest BCUT2D eigenvalue weighted by Crippen LogP contribution is 2.37. The number of benzene rings is 2. The average molecular weight is 295 g/mol. The van der Waals surface area contributed by atoms with E-state index >= 15 is 0 Å². The van der Waals surface area contributed by atoms with E-state index in [0.717, 1.165) is 22.4 Å². The number of hydrogen-bond donors (Lipinski definition) is 0. The molecule has 0 heterocycles. The zero-order chi connectivity index (χ0) is 14.0. The summed E-state index contributed by atoms with van der Waals surface area (Å²) < 4.78 is 6.06. The standard InChI is InChI=1S/C16H16Cl2O/c1-10-7-8-11(2)15(12(10)3)19-16-13(9-17)5-4-6-14(16)18/h4-8H,9H2,1-3H3. The van der Waals surface area contributed by atoms with Crippen LogP contribution < -0.4 is 4.74 Å². The number of alkyl halides is 1. The number of rotatable bonds is 3. The van der Waals surface area contributed by atoms with Gasteiger partial charge in [0.2, 0.25) is 0 Å². The van der Waals surface area contributed by atoms with Crippen LogP contribution in [0.15, 0.2) is 30.3 Å². The fourth-order valence-electron chi connectivity index (χ4n) is 1.96. The van der Waals surface area contributed by atoms with Crippen molar-refractivity contribution in [2.75, 3.05) is 0 Å². The maximum atomic E-state index is 6.22. The monoisotopic (exact) mass is 294 g/mol. The smallest absolute Gasteiger partial charge is 0.150 e. The lowest BCUT2D eigenvalue weighted by Crippen LogP contribution is -1.96. The molecule has 0 aromatic heterocycles. The molecule has 3 heteroatoms. The summed E-state index contributed by atoms with van der Waals surface area (Å²) in [5.74, 6) is 1.88. The number of aryl methyl sites for hydroxylation is 2. The average Bonchev–Trinajstić information content (AvgIpc) is 2.40. The summed E-state index contributed by atoms with van der Waals surface area (Å²) in [5.41, 5.74) is 4.30. The van der Waals surface area contributed by atoms with E-state index in [0.29, 0.717) is 16.7 Å². The number of halogens is 2. The third-order valence-corrected chi connectivity index (χ3v) is 3.86. The van der Waals surface area contributed by atoms with Gasteiger partial charge in [-0.3, -0.25) is 0 Å². The topological polar surface area (TPSA) is 9.23 Å². The highest BCUT2D eigenvalue weighted by molar-refractivity contribution is 6.32. The Balaban J connectivity index is 2.50. The van der Waals surface area contributed by atoms with Crippen LogP contribution in [0, 0.1) is 20.8 Å². The van der Waals surface area contributed by atoms with Gasteiger partial charge in [-0.05, 0) is 43.5 Å². The van der Waals surface area contributed by atoms with Gasteiger partial charge >= 0.3 is 0 Å². The molecule has 0 bridgehead atoms.